The minimum absolute atomic E-state index is 0.527. The molecule has 1 saturated carbocycles. The first-order valence-electron chi connectivity index (χ1n) is 5.71. The molecule has 4 nitrogen and oxygen atoms in total. The van der Waals surface area contributed by atoms with E-state index in [0.29, 0.717) is 5.92 Å². The Morgan fingerprint density at radius 1 is 1.27 bits per heavy atom. The number of likely N-dealkylation sites (N-methyl/N-ethyl adjacent to an activating group) is 1. The lowest BCUT2D eigenvalue weighted by Crippen LogP contribution is -2.65. The van der Waals surface area contributed by atoms with E-state index < -0.39 is 11.5 Å². The highest BCUT2D eigenvalue weighted by Gasteiger charge is 2.53. The van der Waals surface area contributed by atoms with Crippen molar-refractivity contribution in [2.45, 2.75) is 25.3 Å². The summed E-state index contributed by atoms with van der Waals surface area (Å²) < 4.78 is 0. The predicted molar refractivity (Wildman–Crippen MR) is 57.8 cm³/mol. The number of hydrogen-bond acceptors (Lipinski definition) is 3. The van der Waals surface area contributed by atoms with Crippen molar-refractivity contribution in [3.05, 3.63) is 0 Å². The van der Waals surface area contributed by atoms with Gasteiger partial charge in [0.25, 0.3) is 0 Å². The number of hydrogen-bond donors (Lipinski definition) is 1. The first-order chi connectivity index (χ1) is 7.04. The first-order valence-corrected chi connectivity index (χ1v) is 5.71. The average molecular weight is 212 g/mol. The van der Waals surface area contributed by atoms with Gasteiger partial charge in [0.05, 0.1) is 0 Å². The van der Waals surface area contributed by atoms with Crippen LogP contribution in [0.3, 0.4) is 0 Å². The van der Waals surface area contributed by atoms with E-state index >= 15 is 0 Å². The minimum atomic E-state index is -0.620. The fraction of sp³-hybridized carbons (Fsp3) is 0.909. The second kappa shape index (κ2) is 3.76. The molecule has 0 aromatic rings. The Bertz CT molecular complexity index is 253. The second-order valence-corrected chi connectivity index (χ2v) is 5.14. The summed E-state index contributed by atoms with van der Waals surface area (Å²) in [5, 5.41) is 9.36. The molecule has 0 unspecified atom stereocenters. The van der Waals surface area contributed by atoms with Crippen molar-refractivity contribution < 1.29 is 9.90 Å². The van der Waals surface area contributed by atoms with Gasteiger partial charge in [0.2, 0.25) is 0 Å². The van der Waals surface area contributed by atoms with Crippen LogP contribution in [0.5, 0.6) is 0 Å². The van der Waals surface area contributed by atoms with Crippen molar-refractivity contribution in [2.24, 2.45) is 5.92 Å². The number of aliphatic carboxylic acids is 1. The molecule has 0 spiro atoms. The predicted octanol–water partition coefficient (Wildman–Crippen LogP) is 0.487. The van der Waals surface area contributed by atoms with Crippen molar-refractivity contribution in [1.29, 1.82) is 0 Å². The van der Waals surface area contributed by atoms with Gasteiger partial charge in [-0.25, -0.2) is 0 Å². The Balaban J connectivity index is 2.04. The maximum atomic E-state index is 11.4. The normalized spacial score (nSPS) is 38.7. The molecule has 2 aliphatic rings. The lowest BCUT2D eigenvalue weighted by molar-refractivity contribution is -0.164. The van der Waals surface area contributed by atoms with Crippen LogP contribution in [0.25, 0.3) is 0 Å². The van der Waals surface area contributed by atoms with E-state index in [-0.39, 0.29) is 0 Å². The molecule has 86 valence electrons. The lowest BCUT2D eigenvalue weighted by atomic mass is 9.68. The van der Waals surface area contributed by atoms with Gasteiger partial charge < -0.3 is 10.0 Å². The van der Waals surface area contributed by atoms with Crippen molar-refractivity contribution in [1.82, 2.24) is 9.80 Å². The molecule has 1 N–H and O–H groups in total. The van der Waals surface area contributed by atoms with Crippen molar-refractivity contribution in [3.63, 3.8) is 0 Å². The van der Waals surface area contributed by atoms with Crippen LogP contribution in [-0.4, -0.2) is 59.6 Å². The molecule has 0 amide bonds. The van der Waals surface area contributed by atoms with Crippen LogP contribution in [0.4, 0.5) is 0 Å². The number of carbonyl (C=O) groups is 1. The van der Waals surface area contributed by atoms with E-state index in [0.717, 1.165) is 39.0 Å². The Kier molecular flexibility index (Phi) is 2.73. The third-order valence-electron chi connectivity index (χ3n) is 3.88. The Morgan fingerprint density at radius 3 is 2.20 bits per heavy atom. The van der Waals surface area contributed by atoms with E-state index in [1.165, 1.54) is 0 Å². The SMILES string of the molecule is CC1CC(C(=O)O)(N2CCN(C)CC2)C1. The van der Waals surface area contributed by atoms with E-state index in [1.807, 2.05) is 0 Å². The molecule has 4 heteroatoms. The molecule has 0 bridgehead atoms. The average Bonchev–Trinajstić information content (AvgIpc) is 2.13. The third kappa shape index (κ3) is 1.76. The van der Waals surface area contributed by atoms with Crippen LogP contribution in [0.2, 0.25) is 0 Å². The summed E-state index contributed by atoms with van der Waals surface area (Å²) in [7, 11) is 2.09. The molecule has 1 heterocycles. The van der Waals surface area contributed by atoms with Gasteiger partial charge in [0.1, 0.15) is 5.54 Å². The van der Waals surface area contributed by atoms with Gasteiger partial charge in [0.15, 0.2) is 0 Å². The molecule has 1 saturated heterocycles. The number of carboxylic acid groups (broad SMARTS) is 1. The quantitative estimate of drug-likeness (QED) is 0.723. The highest BCUT2D eigenvalue weighted by atomic mass is 16.4. The lowest BCUT2D eigenvalue weighted by Gasteiger charge is -2.52. The topological polar surface area (TPSA) is 43.8 Å². The van der Waals surface area contributed by atoms with Crippen LogP contribution in [0.15, 0.2) is 0 Å². The standard InChI is InChI=1S/C11H20N2O2/c1-9-7-11(8-9,10(14)15)13-5-3-12(2)4-6-13/h9H,3-8H2,1-2H3,(H,14,15). The summed E-state index contributed by atoms with van der Waals surface area (Å²) in [6.07, 6.45) is 1.65. The molecule has 0 radical (unpaired) electrons. The summed E-state index contributed by atoms with van der Waals surface area (Å²) in [5.74, 6) is -0.0501. The largest absolute Gasteiger partial charge is 0.480 e. The van der Waals surface area contributed by atoms with Crippen LogP contribution >= 0.6 is 0 Å². The van der Waals surface area contributed by atoms with E-state index in [4.69, 9.17) is 0 Å². The molecule has 15 heavy (non-hydrogen) atoms. The summed E-state index contributed by atoms with van der Waals surface area (Å²) in [6, 6.07) is 0. The zero-order valence-corrected chi connectivity index (χ0v) is 9.57. The minimum Gasteiger partial charge on any atom is -0.480 e. The van der Waals surface area contributed by atoms with E-state index in [9.17, 15) is 9.90 Å². The monoisotopic (exact) mass is 212 g/mol. The van der Waals surface area contributed by atoms with Gasteiger partial charge in [-0.3, -0.25) is 9.69 Å². The highest BCUT2D eigenvalue weighted by Crippen LogP contribution is 2.42. The summed E-state index contributed by atoms with van der Waals surface area (Å²) in [5.41, 5.74) is -0.527. The fourth-order valence-electron chi connectivity index (χ4n) is 2.90. The molecule has 0 aromatic carbocycles. The van der Waals surface area contributed by atoms with Gasteiger partial charge in [-0.1, -0.05) is 6.92 Å². The summed E-state index contributed by atoms with van der Waals surface area (Å²) >= 11 is 0. The van der Waals surface area contributed by atoms with Gasteiger partial charge in [-0.05, 0) is 25.8 Å². The summed E-state index contributed by atoms with van der Waals surface area (Å²) in [6.45, 7) is 5.91. The Morgan fingerprint density at radius 2 is 1.80 bits per heavy atom. The molecule has 0 atom stereocenters. The van der Waals surface area contributed by atoms with Crippen LogP contribution in [0.1, 0.15) is 19.8 Å². The van der Waals surface area contributed by atoms with Crippen molar-refractivity contribution in [2.75, 3.05) is 33.2 Å². The molecule has 2 rings (SSSR count). The summed E-state index contributed by atoms with van der Waals surface area (Å²) in [4.78, 5) is 15.8. The number of nitrogens with zero attached hydrogens (tertiary/aromatic N) is 2. The van der Waals surface area contributed by atoms with Gasteiger partial charge in [-0.15, -0.1) is 0 Å². The third-order valence-corrected chi connectivity index (χ3v) is 3.88. The zero-order chi connectivity index (χ0) is 11.1. The van der Waals surface area contributed by atoms with Crippen molar-refractivity contribution >= 4 is 5.97 Å². The Hall–Kier alpha value is -0.610. The van der Waals surface area contributed by atoms with Gasteiger partial charge in [-0.2, -0.15) is 0 Å². The van der Waals surface area contributed by atoms with Crippen LogP contribution in [-0.2, 0) is 4.79 Å². The first kappa shape index (κ1) is 10.9. The maximum absolute atomic E-state index is 11.4. The number of carboxylic acids is 1. The van der Waals surface area contributed by atoms with E-state index in [2.05, 4.69) is 23.8 Å². The fourth-order valence-corrected chi connectivity index (χ4v) is 2.90. The molecule has 0 aromatic heterocycles. The van der Waals surface area contributed by atoms with Crippen LogP contribution < -0.4 is 0 Å². The molecule has 2 fully saturated rings. The molecular formula is C11H20N2O2. The maximum Gasteiger partial charge on any atom is 0.324 e. The van der Waals surface area contributed by atoms with Crippen molar-refractivity contribution in [3.8, 4) is 0 Å². The number of piperazine rings is 1. The van der Waals surface area contributed by atoms with Gasteiger partial charge in [0, 0.05) is 26.2 Å². The zero-order valence-electron chi connectivity index (χ0n) is 9.57. The molecular weight excluding hydrogens is 192 g/mol. The molecule has 1 aliphatic carbocycles. The van der Waals surface area contributed by atoms with Gasteiger partial charge >= 0.3 is 5.97 Å². The second-order valence-electron chi connectivity index (χ2n) is 5.14. The smallest absolute Gasteiger partial charge is 0.324 e. The highest BCUT2D eigenvalue weighted by molar-refractivity contribution is 5.80. The Labute approximate surface area is 90.9 Å². The number of rotatable bonds is 2. The molecule has 1 aliphatic heterocycles. The van der Waals surface area contributed by atoms with E-state index in [1.54, 1.807) is 0 Å². The van der Waals surface area contributed by atoms with Crippen LogP contribution in [0, 0.1) is 5.92 Å².